The summed E-state index contributed by atoms with van der Waals surface area (Å²) in [6.45, 7) is 0. The molecule has 2 aromatic rings. The van der Waals surface area contributed by atoms with Crippen molar-refractivity contribution < 1.29 is 19.4 Å². The molecule has 1 N–H and O–H groups in total. The molecule has 1 heterocycles. The zero-order valence-electron chi connectivity index (χ0n) is 9.70. The van der Waals surface area contributed by atoms with Crippen molar-refractivity contribution in [1.82, 2.24) is 0 Å². The third kappa shape index (κ3) is 2.86. The third-order valence-corrected chi connectivity index (χ3v) is 2.46. The minimum absolute atomic E-state index is 0.106. The molecule has 0 aliphatic rings. The molecule has 0 aliphatic heterocycles. The molecule has 0 spiro atoms. The van der Waals surface area contributed by atoms with Crippen LogP contribution in [0.2, 0.25) is 0 Å². The first-order valence-corrected chi connectivity index (χ1v) is 5.38. The van der Waals surface area contributed by atoms with Crippen LogP contribution < -0.4 is 15.2 Å². The van der Waals surface area contributed by atoms with Crippen LogP contribution in [0.1, 0.15) is 20.7 Å². The second-order valence-electron chi connectivity index (χ2n) is 3.73. The standard InChI is InChI=1S/C13H10N2O4/c16-12(9-5-7-15(19)8-6-9)14-11-4-2-1-3-10(11)13(17)18/h1-8H,(H,14,16)(H,17,18)/p-1. The summed E-state index contributed by atoms with van der Waals surface area (Å²) in [5.74, 6) is -1.88. The van der Waals surface area contributed by atoms with Crippen molar-refractivity contribution in [3.8, 4) is 0 Å². The van der Waals surface area contributed by atoms with Gasteiger partial charge in [-0.05, 0) is 6.07 Å². The number of benzene rings is 1. The molecule has 2 rings (SSSR count). The number of nitrogens with zero attached hydrogens (tertiary/aromatic N) is 1. The summed E-state index contributed by atoms with van der Waals surface area (Å²) in [4.78, 5) is 22.7. The molecule has 0 atom stereocenters. The predicted octanol–water partition coefficient (Wildman–Crippen LogP) is -0.0642. The summed E-state index contributed by atoms with van der Waals surface area (Å²) in [5, 5.41) is 24.2. The van der Waals surface area contributed by atoms with E-state index in [1.165, 1.54) is 42.7 Å². The molecule has 6 heteroatoms. The molecule has 0 bridgehead atoms. The predicted molar refractivity (Wildman–Crippen MR) is 64.1 cm³/mol. The fourth-order valence-electron chi connectivity index (χ4n) is 1.53. The number of carbonyl (C=O) groups excluding carboxylic acids is 2. The second-order valence-corrected chi connectivity index (χ2v) is 3.73. The Morgan fingerprint density at radius 1 is 1.05 bits per heavy atom. The molecule has 0 saturated carbocycles. The highest BCUT2D eigenvalue weighted by Crippen LogP contribution is 2.15. The number of carboxylic acids is 1. The number of aromatic carboxylic acids is 1. The summed E-state index contributed by atoms with van der Waals surface area (Å²) in [5.41, 5.74) is 0.289. The molecule has 0 radical (unpaired) electrons. The van der Waals surface area contributed by atoms with E-state index in [1.807, 2.05) is 0 Å². The molecule has 96 valence electrons. The van der Waals surface area contributed by atoms with Gasteiger partial charge in [-0.25, -0.2) is 0 Å². The molecule has 6 nitrogen and oxygen atoms in total. The van der Waals surface area contributed by atoms with Gasteiger partial charge in [0.25, 0.3) is 5.91 Å². The Kier molecular flexibility index (Phi) is 3.42. The van der Waals surface area contributed by atoms with Crippen LogP contribution in [0.25, 0.3) is 0 Å². The van der Waals surface area contributed by atoms with Gasteiger partial charge < -0.3 is 20.4 Å². The number of amides is 1. The lowest BCUT2D eigenvalue weighted by Gasteiger charge is -2.11. The van der Waals surface area contributed by atoms with Crippen molar-refractivity contribution in [2.45, 2.75) is 0 Å². The van der Waals surface area contributed by atoms with Crippen molar-refractivity contribution in [1.29, 1.82) is 0 Å². The fourth-order valence-corrected chi connectivity index (χ4v) is 1.53. The van der Waals surface area contributed by atoms with Crippen LogP contribution in [0.3, 0.4) is 0 Å². The summed E-state index contributed by atoms with van der Waals surface area (Å²) in [7, 11) is 0. The van der Waals surface area contributed by atoms with Crippen LogP contribution >= 0.6 is 0 Å². The van der Waals surface area contributed by atoms with Gasteiger partial charge >= 0.3 is 0 Å². The van der Waals surface area contributed by atoms with E-state index in [-0.39, 0.29) is 16.8 Å². The minimum atomic E-state index is -1.37. The largest absolute Gasteiger partial charge is 0.619 e. The number of para-hydroxylation sites is 1. The lowest BCUT2D eigenvalue weighted by atomic mass is 10.1. The van der Waals surface area contributed by atoms with E-state index in [0.29, 0.717) is 4.73 Å². The smallest absolute Gasteiger partial charge is 0.256 e. The Morgan fingerprint density at radius 2 is 1.68 bits per heavy atom. The monoisotopic (exact) mass is 257 g/mol. The van der Waals surface area contributed by atoms with Crippen LogP contribution in [0.15, 0.2) is 48.8 Å². The highest BCUT2D eigenvalue weighted by molar-refractivity contribution is 6.07. The van der Waals surface area contributed by atoms with Crippen molar-refractivity contribution >= 4 is 17.6 Å². The van der Waals surface area contributed by atoms with Crippen LogP contribution in [0, 0.1) is 5.21 Å². The van der Waals surface area contributed by atoms with Gasteiger partial charge in [0.15, 0.2) is 12.4 Å². The summed E-state index contributed by atoms with van der Waals surface area (Å²) >= 11 is 0. The van der Waals surface area contributed by atoms with Crippen molar-refractivity contribution in [2.75, 3.05) is 5.32 Å². The number of hydrogen-bond donors (Lipinski definition) is 1. The molecular weight excluding hydrogens is 248 g/mol. The fraction of sp³-hybridized carbons (Fsp3) is 0. The van der Waals surface area contributed by atoms with Crippen molar-refractivity contribution in [3.63, 3.8) is 0 Å². The maximum absolute atomic E-state index is 11.9. The number of hydrogen-bond acceptors (Lipinski definition) is 4. The van der Waals surface area contributed by atoms with Gasteiger partial charge in [-0.1, -0.05) is 18.2 Å². The first-order chi connectivity index (χ1) is 9.08. The van der Waals surface area contributed by atoms with Gasteiger partial charge in [0.2, 0.25) is 0 Å². The molecule has 0 fully saturated rings. The van der Waals surface area contributed by atoms with Crippen LogP contribution in [0.4, 0.5) is 5.69 Å². The summed E-state index contributed by atoms with van der Waals surface area (Å²) < 4.78 is 0.548. The number of anilines is 1. The molecular formula is C13H9N2O4-. The maximum atomic E-state index is 11.9. The highest BCUT2D eigenvalue weighted by Gasteiger charge is 2.10. The SMILES string of the molecule is O=C(Nc1ccccc1C(=O)[O-])c1cc[n+]([O-])cc1. The van der Waals surface area contributed by atoms with E-state index >= 15 is 0 Å². The Labute approximate surface area is 108 Å². The Morgan fingerprint density at radius 3 is 2.32 bits per heavy atom. The number of carbonyl (C=O) groups is 2. The topological polar surface area (TPSA) is 96.2 Å². The number of pyridine rings is 1. The average molecular weight is 257 g/mol. The van der Waals surface area contributed by atoms with Crippen LogP contribution in [0.5, 0.6) is 0 Å². The van der Waals surface area contributed by atoms with Gasteiger partial charge in [-0.3, -0.25) is 4.79 Å². The normalized spacial score (nSPS) is 9.89. The first kappa shape index (κ1) is 12.6. The number of nitrogens with one attached hydrogen (secondary N) is 1. The molecule has 19 heavy (non-hydrogen) atoms. The van der Waals surface area contributed by atoms with Gasteiger partial charge in [0.1, 0.15) is 0 Å². The Hall–Kier alpha value is -2.89. The maximum Gasteiger partial charge on any atom is 0.256 e. The van der Waals surface area contributed by atoms with Gasteiger partial charge in [0, 0.05) is 17.7 Å². The lowest BCUT2D eigenvalue weighted by Crippen LogP contribution is -2.26. The third-order valence-electron chi connectivity index (χ3n) is 2.46. The van der Waals surface area contributed by atoms with Gasteiger partial charge in [-0.2, -0.15) is 4.73 Å². The zero-order chi connectivity index (χ0) is 13.8. The van der Waals surface area contributed by atoms with Crippen LogP contribution in [-0.4, -0.2) is 11.9 Å². The molecule has 1 amide bonds. The van der Waals surface area contributed by atoms with Gasteiger partial charge in [-0.15, -0.1) is 0 Å². The Bertz CT molecular complexity index is 623. The molecule has 1 aromatic heterocycles. The number of carboxylic acid groups (broad SMARTS) is 1. The molecule has 0 aliphatic carbocycles. The average Bonchev–Trinajstić information content (AvgIpc) is 2.39. The number of rotatable bonds is 3. The minimum Gasteiger partial charge on any atom is -0.619 e. The lowest BCUT2D eigenvalue weighted by molar-refractivity contribution is -0.605. The van der Waals surface area contributed by atoms with E-state index in [0.717, 1.165) is 0 Å². The Balaban J connectivity index is 2.24. The van der Waals surface area contributed by atoms with E-state index in [9.17, 15) is 19.9 Å². The van der Waals surface area contributed by atoms with Crippen LogP contribution in [-0.2, 0) is 0 Å². The summed E-state index contributed by atoms with van der Waals surface area (Å²) in [6, 6.07) is 8.59. The summed E-state index contributed by atoms with van der Waals surface area (Å²) in [6.07, 6.45) is 2.36. The van der Waals surface area contributed by atoms with E-state index in [1.54, 1.807) is 6.07 Å². The van der Waals surface area contributed by atoms with Gasteiger partial charge in [0.05, 0.1) is 17.2 Å². The second kappa shape index (κ2) is 5.18. The van der Waals surface area contributed by atoms with E-state index in [2.05, 4.69) is 5.32 Å². The van der Waals surface area contributed by atoms with Crippen molar-refractivity contribution in [3.05, 3.63) is 65.1 Å². The quantitative estimate of drug-likeness (QED) is 0.615. The molecule has 0 unspecified atom stereocenters. The van der Waals surface area contributed by atoms with E-state index < -0.39 is 11.9 Å². The first-order valence-electron chi connectivity index (χ1n) is 5.38. The van der Waals surface area contributed by atoms with Crippen molar-refractivity contribution in [2.24, 2.45) is 0 Å². The molecule has 0 saturated heterocycles. The number of aromatic nitrogens is 1. The highest BCUT2D eigenvalue weighted by atomic mass is 16.5. The zero-order valence-corrected chi connectivity index (χ0v) is 9.70. The van der Waals surface area contributed by atoms with E-state index in [4.69, 9.17) is 0 Å². The molecule has 1 aromatic carbocycles.